The van der Waals surface area contributed by atoms with Crippen molar-refractivity contribution in [3.8, 4) is 16.3 Å². The number of ether oxygens (including phenoxy) is 1. The van der Waals surface area contributed by atoms with Gasteiger partial charge in [0, 0.05) is 5.56 Å². The highest BCUT2D eigenvalue weighted by Crippen LogP contribution is 2.27. The molecule has 1 aliphatic rings. The van der Waals surface area contributed by atoms with Crippen LogP contribution in [0, 0.1) is 0 Å². The van der Waals surface area contributed by atoms with E-state index in [4.69, 9.17) is 9.84 Å². The van der Waals surface area contributed by atoms with Crippen LogP contribution in [-0.4, -0.2) is 44.4 Å². The van der Waals surface area contributed by atoms with E-state index in [1.165, 1.54) is 19.3 Å². The first-order chi connectivity index (χ1) is 11.8. The van der Waals surface area contributed by atoms with Gasteiger partial charge in [-0.05, 0) is 57.1 Å². The summed E-state index contributed by atoms with van der Waals surface area (Å²) in [5.74, 6) is 1.82. The minimum atomic E-state index is 0.677. The van der Waals surface area contributed by atoms with Gasteiger partial charge in [0.1, 0.15) is 10.8 Å². The van der Waals surface area contributed by atoms with Crippen molar-refractivity contribution in [3.63, 3.8) is 0 Å². The van der Waals surface area contributed by atoms with Gasteiger partial charge in [-0.25, -0.2) is 0 Å². The largest absolute Gasteiger partial charge is 0.494 e. The summed E-state index contributed by atoms with van der Waals surface area (Å²) in [6.07, 6.45) is 3.89. The van der Waals surface area contributed by atoms with Crippen molar-refractivity contribution >= 4 is 16.3 Å². The number of likely N-dealkylation sites (tertiary alicyclic amines) is 1. The Labute approximate surface area is 145 Å². The molecular formula is C17H21N5OS. The summed E-state index contributed by atoms with van der Waals surface area (Å²) >= 11 is 1.57. The highest BCUT2D eigenvalue weighted by atomic mass is 32.1. The molecular weight excluding hydrogens is 322 g/mol. The molecule has 1 aromatic carbocycles. The van der Waals surface area contributed by atoms with Gasteiger partial charge in [-0.3, -0.25) is 4.90 Å². The molecule has 6 nitrogen and oxygen atoms in total. The number of hydrogen-bond donors (Lipinski definition) is 0. The van der Waals surface area contributed by atoms with Gasteiger partial charge in [0.2, 0.25) is 4.96 Å². The van der Waals surface area contributed by atoms with Crippen molar-refractivity contribution in [2.24, 2.45) is 0 Å². The van der Waals surface area contributed by atoms with E-state index in [1.54, 1.807) is 11.3 Å². The second-order valence-electron chi connectivity index (χ2n) is 6.01. The smallest absolute Gasteiger partial charge is 0.235 e. The molecule has 0 bridgehead atoms. The first kappa shape index (κ1) is 15.5. The molecule has 0 spiro atoms. The molecule has 0 N–H and O–H groups in total. The number of rotatable bonds is 5. The topological polar surface area (TPSA) is 55.6 Å². The molecule has 0 aliphatic carbocycles. The summed E-state index contributed by atoms with van der Waals surface area (Å²) in [6.45, 7) is 5.78. The van der Waals surface area contributed by atoms with Crippen molar-refractivity contribution in [1.29, 1.82) is 0 Å². The zero-order valence-corrected chi connectivity index (χ0v) is 14.6. The third-order valence-corrected chi connectivity index (χ3v) is 5.23. The van der Waals surface area contributed by atoms with Gasteiger partial charge in [0.15, 0.2) is 5.82 Å². The van der Waals surface area contributed by atoms with E-state index in [-0.39, 0.29) is 0 Å². The molecule has 1 saturated heterocycles. The third kappa shape index (κ3) is 3.14. The third-order valence-electron chi connectivity index (χ3n) is 4.28. The highest BCUT2D eigenvalue weighted by Gasteiger charge is 2.17. The molecule has 7 heteroatoms. The first-order valence-corrected chi connectivity index (χ1v) is 9.32. The fourth-order valence-electron chi connectivity index (χ4n) is 3.05. The summed E-state index contributed by atoms with van der Waals surface area (Å²) in [4.78, 5) is 3.29. The van der Waals surface area contributed by atoms with Crippen LogP contribution in [0.25, 0.3) is 15.5 Å². The van der Waals surface area contributed by atoms with E-state index in [0.717, 1.165) is 46.7 Å². The Balaban J connectivity index is 1.56. The highest BCUT2D eigenvalue weighted by molar-refractivity contribution is 7.19. The number of piperidine rings is 1. The fourth-order valence-corrected chi connectivity index (χ4v) is 3.91. The lowest BCUT2D eigenvalue weighted by atomic mass is 10.1. The molecule has 0 radical (unpaired) electrons. The molecule has 0 saturated carbocycles. The molecule has 4 rings (SSSR count). The summed E-state index contributed by atoms with van der Waals surface area (Å²) in [5.41, 5.74) is 1.08. The van der Waals surface area contributed by atoms with Gasteiger partial charge in [-0.1, -0.05) is 17.8 Å². The standard InChI is InChI=1S/C17H21N5OS/c1-2-23-14-8-6-13(7-9-14)16-20-22-15(18-19-17(22)24-16)12-21-10-4-3-5-11-21/h6-9H,2-5,10-12H2,1H3. The summed E-state index contributed by atoms with van der Waals surface area (Å²) in [5, 5.41) is 14.3. The SMILES string of the molecule is CCOc1ccc(-c2nn3c(CN4CCCCC4)nnc3s2)cc1. The maximum Gasteiger partial charge on any atom is 0.235 e. The van der Waals surface area contributed by atoms with Gasteiger partial charge in [-0.15, -0.1) is 10.2 Å². The molecule has 1 fully saturated rings. The Morgan fingerprint density at radius 1 is 1.08 bits per heavy atom. The zero-order chi connectivity index (χ0) is 16.4. The van der Waals surface area contributed by atoms with Crippen LogP contribution >= 0.6 is 11.3 Å². The predicted molar refractivity (Wildman–Crippen MR) is 94.4 cm³/mol. The average Bonchev–Trinajstić information content (AvgIpc) is 3.19. The molecule has 24 heavy (non-hydrogen) atoms. The minimum Gasteiger partial charge on any atom is -0.494 e. The molecule has 1 aliphatic heterocycles. The van der Waals surface area contributed by atoms with Crippen LogP contribution in [0.4, 0.5) is 0 Å². The van der Waals surface area contributed by atoms with E-state index in [1.807, 2.05) is 35.7 Å². The Hall–Kier alpha value is -1.99. The predicted octanol–water partition coefficient (Wildman–Crippen LogP) is 3.24. The lowest BCUT2D eigenvalue weighted by Crippen LogP contribution is -2.30. The van der Waals surface area contributed by atoms with Gasteiger partial charge >= 0.3 is 0 Å². The van der Waals surface area contributed by atoms with Crippen molar-refractivity contribution < 1.29 is 4.74 Å². The number of benzene rings is 1. The Bertz CT molecular complexity index is 804. The first-order valence-electron chi connectivity index (χ1n) is 8.50. The van der Waals surface area contributed by atoms with Gasteiger partial charge < -0.3 is 4.74 Å². The summed E-state index contributed by atoms with van der Waals surface area (Å²) in [6, 6.07) is 8.05. The maximum atomic E-state index is 5.49. The van der Waals surface area contributed by atoms with E-state index < -0.39 is 0 Å². The summed E-state index contributed by atoms with van der Waals surface area (Å²) < 4.78 is 7.39. The molecule has 126 valence electrons. The van der Waals surface area contributed by atoms with Crippen LogP contribution in [0.1, 0.15) is 32.0 Å². The van der Waals surface area contributed by atoms with Crippen LogP contribution in [0.3, 0.4) is 0 Å². The minimum absolute atomic E-state index is 0.677. The lowest BCUT2D eigenvalue weighted by molar-refractivity contribution is 0.214. The van der Waals surface area contributed by atoms with Crippen molar-refractivity contribution in [3.05, 3.63) is 30.1 Å². The Kier molecular flexibility index (Phi) is 4.44. The van der Waals surface area contributed by atoms with Crippen molar-refractivity contribution in [2.45, 2.75) is 32.7 Å². The normalized spacial score (nSPS) is 15.9. The van der Waals surface area contributed by atoms with Crippen molar-refractivity contribution in [1.82, 2.24) is 24.7 Å². The molecule has 3 aromatic rings. The van der Waals surface area contributed by atoms with E-state index in [2.05, 4.69) is 15.1 Å². The average molecular weight is 343 g/mol. The molecule has 0 unspecified atom stereocenters. The number of hydrogen-bond acceptors (Lipinski definition) is 6. The fraction of sp³-hybridized carbons (Fsp3) is 0.471. The van der Waals surface area contributed by atoms with E-state index in [0.29, 0.717) is 6.61 Å². The quantitative estimate of drug-likeness (QED) is 0.712. The van der Waals surface area contributed by atoms with Crippen molar-refractivity contribution in [2.75, 3.05) is 19.7 Å². The molecule has 0 atom stereocenters. The molecule has 3 heterocycles. The molecule has 0 amide bonds. The number of fused-ring (bicyclic) bond motifs is 1. The van der Waals surface area contributed by atoms with Crippen LogP contribution < -0.4 is 4.74 Å². The second kappa shape index (κ2) is 6.86. The van der Waals surface area contributed by atoms with Gasteiger partial charge in [-0.2, -0.15) is 9.61 Å². The second-order valence-corrected chi connectivity index (χ2v) is 6.97. The Morgan fingerprint density at radius 3 is 2.62 bits per heavy atom. The summed E-state index contributed by atoms with van der Waals surface area (Å²) in [7, 11) is 0. The Morgan fingerprint density at radius 2 is 1.88 bits per heavy atom. The zero-order valence-electron chi connectivity index (χ0n) is 13.8. The van der Waals surface area contributed by atoms with Crippen LogP contribution in [0.2, 0.25) is 0 Å². The van der Waals surface area contributed by atoms with Crippen LogP contribution in [-0.2, 0) is 6.54 Å². The molecule has 2 aromatic heterocycles. The maximum absolute atomic E-state index is 5.49. The van der Waals surface area contributed by atoms with E-state index in [9.17, 15) is 0 Å². The number of nitrogens with zero attached hydrogens (tertiary/aromatic N) is 5. The van der Waals surface area contributed by atoms with E-state index >= 15 is 0 Å². The lowest BCUT2D eigenvalue weighted by Gasteiger charge is -2.25. The van der Waals surface area contributed by atoms with Crippen LogP contribution in [0.15, 0.2) is 24.3 Å². The number of aromatic nitrogens is 4. The van der Waals surface area contributed by atoms with Gasteiger partial charge in [0.05, 0.1) is 13.2 Å². The van der Waals surface area contributed by atoms with Crippen LogP contribution in [0.5, 0.6) is 5.75 Å². The van der Waals surface area contributed by atoms with Gasteiger partial charge in [0.25, 0.3) is 0 Å². The monoisotopic (exact) mass is 343 g/mol.